The van der Waals surface area contributed by atoms with E-state index in [1.807, 2.05) is 0 Å². The number of carbonyl (C=O) groups excluding carboxylic acids is 3. The van der Waals surface area contributed by atoms with E-state index in [4.69, 9.17) is 10.5 Å². The SMILES string of the molecule is CC(O)[C@H]1C(=O)N2C(C(=O)O)=C(COC(=O)NC3CCN(c4c(C(=O)O)c(=O)c5c(n4C4CC4)C(F)C(=O)C(F)=C5N)C3)[C@H](C)[C@H]12. The lowest BCUT2D eigenvalue weighted by Gasteiger charge is -2.46. The summed E-state index contributed by atoms with van der Waals surface area (Å²) in [7, 11) is 0. The topological polar surface area (TPSA) is 222 Å². The Morgan fingerprint density at radius 3 is 2.39 bits per heavy atom. The van der Waals surface area contributed by atoms with E-state index in [2.05, 4.69) is 5.32 Å². The van der Waals surface area contributed by atoms with Crippen LogP contribution in [0.25, 0.3) is 5.70 Å². The minimum Gasteiger partial charge on any atom is -0.477 e. The molecule has 246 valence electrons. The van der Waals surface area contributed by atoms with Gasteiger partial charge in [0.25, 0.3) is 0 Å². The van der Waals surface area contributed by atoms with Gasteiger partial charge in [0.1, 0.15) is 23.7 Å². The van der Waals surface area contributed by atoms with Gasteiger partial charge in [-0.15, -0.1) is 0 Å². The monoisotopic (exact) mass is 647 g/mol. The normalized spacial score (nSPS) is 27.8. The largest absolute Gasteiger partial charge is 0.477 e. The number of aliphatic hydroxyl groups is 1. The van der Waals surface area contributed by atoms with Crippen molar-refractivity contribution in [1.82, 2.24) is 14.8 Å². The number of rotatable bonds is 8. The van der Waals surface area contributed by atoms with Crippen LogP contribution in [0.3, 0.4) is 0 Å². The van der Waals surface area contributed by atoms with Gasteiger partial charge < -0.3 is 45.5 Å². The number of hydrogen-bond acceptors (Lipinski definition) is 10. The number of alkyl halides is 1. The Balaban J connectivity index is 1.23. The highest BCUT2D eigenvalue weighted by atomic mass is 19.1. The number of Topliss-reactive ketones (excluding diaryl/α,β-unsaturated/α-hetero) is 1. The van der Waals surface area contributed by atoms with E-state index in [1.54, 1.807) is 6.92 Å². The molecule has 46 heavy (non-hydrogen) atoms. The number of nitrogens with one attached hydrogen (secondary N) is 1. The molecule has 2 saturated heterocycles. The van der Waals surface area contributed by atoms with E-state index < -0.39 is 112 Å². The lowest BCUT2D eigenvalue weighted by Crippen LogP contribution is -2.63. The number of alkyl carbamates (subject to hydrolysis) is 1. The lowest BCUT2D eigenvalue weighted by molar-refractivity contribution is -0.163. The highest BCUT2D eigenvalue weighted by Gasteiger charge is 2.60. The van der Waals surface area contributed by atoms with Gasteiger partial charge >= 0.3 is 18.0 Å². The molecule has 0 bridgehead atoms. The predicted octanol–water partition coefficient (Wildman–Crippen LogP) is 0.573. The van der Waals surface area contributed by atoms with Gasteiger partial charge in [-0.3, -0.25) is 14.4 Å². The molecule has 3 aliphatic heterocycles. The summed E-state index contributed by atoms with van der Waals surface area (Å²) in [4.78, 5) is 78.0. The summed E-state index contributed by atoms with van der Waals surface area (Å²) in [5, 5.41) is 32.4. The highest BCUT2D eigenvalue weighted by Crippen LogP contribution is 2.48. The summed E-state index contributed by atoms with van der Waals surface area (Å²) in [6, 6.07) is -1.72. The number of carboxylic acid groups (broad SMARTS) is 2. The number of ether oxygens (including phenoxy) is 1. The number of aliphatic hydroxyl groups excluding tert-OH is 1. The minimum atomic E-state index is -2.58. The van der Waals surface area contributed by atoms with Gasteiger partial charge in [-0.1, -0.05) is 6.92 Å². The first kappa shape index (κ1) is 31.2. The smallest absolute Gasteiger partial charge is 0.407 e. The van der Waals surface area contributed by atoms with Crippen molar-refractivity contribution in [3.05, 3.63) is 44.1 Å². The van der Waals surface area contributed by atoms with Crippen LogP contribution in [0.15, 0.2) is 21.9 Å². The first-order chi connectivity index (χ1) is 21.7. The van der Waals surface area contributed by atoms with Crippen LogP contribution < -0.4 is 21.4 Å². The number of pyridine rings is 1. The van der Waals surface area contributed by atoms with E-state index in [9.17, 15) is 48.5 Å². The summed E-state index contributed by atoms with van der Waals surface area (Å²) < 4.78 is 36.4. The maximum absolute atomic E-state index is 15.4. The van der Waals surface area contributed by atoms with Crippen LogP contribution in [-0.2, 0) is 19.1 Å². The number of aliphatic carboxylic acids is 1. The van der Waals surface area contributed by atoms with Crippen LogP contribution in [0, 0.1) is 11.8 Å². The zero-order valence-electron chi connectivity index (χ0n) is 24.7. The average molecular weight is 648 g/mol. The van der Waals surface area contributed by atoms with Crippen molar-refractivity contribution in [2.45, 2.75) is 63.5 Å². The van der Waals surface area contributed by atoms with Crippen molar-refractivity contribution in [3.63, 3.8) is 0 Å². The molecule has 3 fully saturated rings. The van der Waals surface area contributed by atoms with Crippen molar-refractivity contribution in [2.75, 3.05) is 24.6 Å². The van der Waals surface area contributed by atoms with E-state index in [-0.39, 0.29) is 36.6 Å². The predicted molar refractivity (Wildman–Crippen MR) is 152 cm³/mol. The maximum Gasteiger partial charge on any atom is 0.407 e. The van der Waals surface area contributed by atoms with E-state index in [0.717, 1.165) is 4.90 Å². The number of allylic oxidation sites excluding steroid dienone is 1. The maximum atomic E-state index is 15.4. The molecule has 3 unspecified atom stereocenters. The molecule has 1 aromatic rings. The van der Waals surface area contributed by atoms with Crippen molar-refractivity contribution >= 4 is 41.2 Å². The van der Waals surface area contributed by atoms with Crippen LogP contribution in [0.1, 0.15) is 66.9 Å². The summed E-state index contributed by atoms with van der Waals surface area (Å²) in [5.74, 6) is -8.27. The molecule has 15 nitrogen and oxygen atoms in total. The minimum absolute atomic E-state index is 0.0508. The number of aromatic carboxylic acids is 1. The zero-order valence-corrected chi connectivity index (χ0v) is 24.7. The number of carboxylic acids is 2. The third-order valence-electron chi connectivity index (χ3n) is 9.43. The molecular weight excluding hydrogens is 616 g/mol. The number of amides is 2. The molecule has 5 aliphatic rings. The number of ketones is 1. The second-order valence-corrected chi connectivity index (χ2v) is 12.2. The van der Waals surface area contributed by atoms with Crippen molar-refractivity contribution in [2.24, 2.45) is 17.6 Å². The fourth-order valence-corrected chi connectivity index (χ4v) is 7.15. The number of hydrogen-bond donors (Lipinski definition) is 5. The molecule has 0 radical (unpaired) electrons. The van der Waals surface area contributed by atoms with E-state index in [0.29, 0.717) is 12.8 Å². The van der Waals surface area contributed by atoms with Crippen LogP contribution in [-0.4, -0.2) is 92.4 Å². The first-order valence-electron chi connectivity index (χ1n) is 14.7. The molecule has 4 heterocycles. The van der Waals surface area contributed by atoms with Gasteiger partial charge in [-0.25, -0.2) is 23.2 Å². The second-order valence-electron chi connectivity index (χ2n) is 12.2. The van der Waals surface area contributed by atoms with Crippen molar-refractivity contribution in [3.8, 4) is 0 Å². The van der Waals surface area contributed by atoms with Crippen molar-refractivity contribution < 1.29 is 52.8 Å². The number of nitrogens with zero attached hydrogens (tertiary/aromatic N) is 3. The molecule has 2 aliphatic carbocycles. The number of carbonyl (C=O) groups is 5. The molecule has 0 spiro atoms. The Morgan fingerprint density at radius 1 is 1.13 bits per heavy atom. The number of fused-ring (bicyclic) bond motifs is 2. The molecular formula is C29H31F2N5O10. The van der Waals surface area contributed by atoms with Crippen LogP contribution in [0.5, 0.6) is 0 Å². The Labute approximate surface area is 258 Å². The Hall–Kier alpha value is -4.80. The Kier molecular flexibility index (Phi) is 7.41. The quantitative estimate of drug-likeness (QED) is 0.245. The van der Waals surface area contributed by atoms with Gasteiger partial charge in [-0.05, 0) is 26.2 Å². The molecule has 0 aromatic carbocycles. The van der Waals surface area contributed by atoms with Crippen LogP contribution in [0.4, 0.5) is 19.4 Å². The fourth-order valence-electron chi connectivity index (χ4n) is 7.15. The highest BCUT2D eigenvalue weighted by molar-refractivity contribution is 6.07. The first-order valence-corrected chi connectivity index (χ1v) is 14.7. The molecule has 1 saturated carbocycles. The van der Waals surface area contributed by atoms with Gasteiger partial charge in [0, 0.05) is 30.6 Å². The zero-order chi connectivity index (χ0) is 33.5. The summed E-state index contributed by atoms with van der Waals surface area (Å²) in [6.45, 7) is 2.71. The molecule has 17 heteroatoms. The number of halogens is 2. The third kappa shape index (κ3) is 4.54. The number of β-lactam (4-membered cyclic amide) rings is 1. The van der Waals surface area contributed by atoms with Crippen molar-refractivity contribution in [1.29, 1.82) is 0 Å². The van der Waals surface area contributed by atoms with Gasteiger partial charge in [-0.2, -0.15) is 0 Å². The van der Waals surface area contributed by atoms with Crippen LogP contribution >= 0.6 is 0 Å². The molecule has 1 aromatic heterocycles. The van der Waals surface area contributed by atoms with Gasteiger partial charge in [0.05, 0.1) is 41.1 Å². The Bertz CT molecular complexity index is 1730. The van der Waals surface area contributed by atoms with E-state index >= 15 is 4.39 Å². The van der Waals surface area contributed by atoms with E-state index in [1.165, 1.54) is 16.4 Å². The molecule has 6 N–H and O–H groups in total. The Morgan fingerprint density at radius 2 is 1.80 bits per heavy atom. The summed E-state index contributed by atoms with van der Waals surface area (Å²) >= 11 is 0. The lowest BCUT2D eigenvalue weighted by atomic mass is 9.78. The molecule has 6 atom stereocenters. The summed E-state index contributed by atoms with van der Waals surface area (Å²) in [5.41, 5.74) is 1.48. The molecule has 2 amide bonds. The van der Waals surface area contributed by atoms with Gasteiger partial charge in [0.15, 0.2) is 5.83 Å². The molecule has 6 rings (SSSR count). The number of aromatic nitrogens is 1. The fraction of sp³-hybridized carbons (Fsp3) is 0.517. The average Bonchev–Trinajstić information content (AvgIpc) is 3.66. The number of anilines is 1. The number of nitrogens with two attached hydrogens (primary N) is 1. The van der Waals surface area contributed by atoms with Gasteiger partial charge in [0.2, 0.25) is 23.3 Å². The third-order valence-corrected chi connectivity index (χ3v) is 9.43. The standard InChI is InChI=1S/C29H31F2N5O10/c1-9-13(21(28(43)44)36-20(9)14(10(2)37)26(36)40)8-46-29(45)33-11-5-6-34(7-11)25-16(27(41)42)23(38)15-19(32)17(30)24(39)18(31)22(15)35(25)12-3-4-12/h9-12,14,18,20,37H,3-8,32H2,1-2H3,(H,33,45)(H,41,42)(H,43,44)/t9-,10?,11?,14+,18?,20+/m0/s1. The van der Waals surface area contributed by atoms with Crippen LogP contribution in [0.2, 0.25) is 0 Å². The summed E-state index contributed by atoms with van der Waals surface area (Å²) in [6.07, 6.45) is -3.33. The second kappa shape index (κ2) is 10.9.